The van der Waals surface area contributed by atoms with Crippen LogP contribution >= 0.6 is 0 Å². The highest BCUT2D eigenvalue weighted by atomic mass is 16.5. The van der Waals surface area contributed by atoms with E-state index >= 15 is 0 Å². The first-order valence-electron chi connectivity index (χ1n) is 7.21. The van der Waals surface area contributed by atoms with Crippen LogP contribution in [0.1, 0.15) is 23.2 Å². The van der Waals surface area contributed by atoms with E-state index in [-0.39, 0.29) is 11.9 Å². The summed E-state index contributed by atoms with van der Waals surface area (Å²) in [6, 6.07) is 11.0. The van der Waals surface area contributed by atoms with Crippen LogP contribution in [-0.2, 0) is 0 Å². The lowest BCUT2D eigenvalue weighted by Crippen LogP contribution is -2.33. The summed E-state index contributed by atoms with van der Waals surface area (Å²) in [6.45, 7) is 0. The summed E-state index contributed by atoms with van der Waals surface area (Å²) in [6.07, 6.45) is 3.72. The fourth-order valence-corrected chi connectivity index (χ4v) is 2.39. The van der Waals surface area contributed by atoms with E-state index in [0.29, 0.717) is 22.9 Å². The van der Waals surface area contributed by atoms with Gasteiger partial charge in [-0.2, -0.15) is 0 Å². The molecule has 3 rings (SSSR count). The lowest BCUT2D eigenvalue weighted by atomic mass is 10.1. The molecule has 0 bridgehead atoms. The van der Waals surface area contributed by atoms with Gasteiger partial charge in [0, 0.05) is 17.8 Å². The van der Waals surface area contributed by atoms with Gasteiger partial charge >= 0.3 is 0 Å². The second-order valence-corrected chi connectivity index (χ2v) is 5.16. The van der Waals surface area contributed by atoms with Gasteiger partial charge < -0.3 is 9.47 Å². The minimum Gasteiger partial charge on any atom is -0.493 e. The molecule has 0 atom stereocenters. The second kappa shape index (κ2) is 6.05. The van der Waals surface area contributed by atoms with E-state index < -0.39 is 0 Å². The zero-order valence-electron chi connectivity index (χ0n) is 12.7. The van der Waals surface area contributed by atoms with E-state index in [1.54, 1.807) is 43.5 Å². The fourth-order valence-electron chi connectivity index (χ4n) is 2.39. The SMILES string of the molecule is COc1ccc(C(=O)N(c2ccccn2)C2CC2)cc1OC. The van der Waals surface area contributed by atoms with Crippen LogP contribution in [0.3, 0.4) is 0 Å². The number of hydrogen-bond donors (Lipinski definition) is 0. The number of amides is 1. The largest absolute Gasteiger partial charge is 0.493 e. The number of hydrogen-bond acceptors (Lipinski definition) is 4. The van der Waals surface area contributed by atoms with Gasteiger partial charge in [0.05, 0.1) is 14.2 Å². The fraction of sp³-hybridized carbons (Fsp3) is 0.294. The molecule has 1 aliphatic rings. The number of benzene rings is 1. The second-order valence-electron chi connectivity index (χ2n) is 5.16. The summed E-state index contributed by atoms with van der Waals surface area (Å²) in [5.74, 6) is 1.77. The van der Waals surface area contributed by atoms with Gasteiger partial charge in [0.2, 0.25) is 0 Å². The van der Waals surface area contributed by atoms with Crippen molar-refractivity contribution in [1.82, 2.24) is 4.98 Å². The Balaban J connectivity index is 1.94. The lowest BCUT2D eigenvalue weighted by Gasteiger charge is -2.21. The van der Waals surface area contributed by atoms with Crippen LogP contribution in [0.15, 0.2) is 42.6 Å². The summed E-state index contributed by atoms with van der Waals surface area (Å²) in [5.41, 5.74) is 0.565. The molecule has 1 aliphatic carbocycles. The average Bonchev–Trinajstić information content (AvgIpc) is 3.40. The summed E-state index contributed by atoms with van der Waals surface area (Å²) in [5, 5.41) is 0. The van der Waals surface area contributed by atoms with Crippen LogP contribution in [0.5, 0.6) is 11.5 Å². The maximum Gasteiger partial charge on any atom is 0.259 e. The molecule has 0 spiro atoms. The maximum absolute atomic E-state index is 12.9. The van der Waals surface area contributed by atoms with E-state index in [2.05, 4.69) is 4.98 Å². The Kier molecular flexibility index (Phi) is 3.96. The summed E-state index contributed by atoms with van der Waals surface area (Å²) in [4.78, 5) is 19.0. The Morgan fingerprint density at radius 2 is 1.91 bits per heavy atom. The summed E-state index contributed by atoms with van der Waals surface area (Å²) in [7, 11) is 3.13. The molecule has 1 aromatic carbocycles. The summed E-state index contributed by atoms with van der Waals surface area (Å²) >= 11 is 0. The van der Waals surface area contributed by atoms with Crippen molar-refractivity contribution in [3.05, 3.63) is 48.2 Å². The molecule has 114 valence electrons. The first kappa shape index (κ1) is 14.4. The van der Waals surface area contributed by atoms with Gasteiger partial charge in [-0.15, -0.1) is 0 Å². The van der Waals surface area contributed by atoms with E-state index in [1.807, 2.05) is 18.2 Å². The standard InChI is InChI=1S/C17H18N2O3/c1-21-14-9-6-12(11-15(14)22-2)17(20)19(13-7-8-13)16-5-3-4-10-18-16/h3-6,9-11,13H,7-8H2,1-2H3. The third-order valence-corrected chi connectivity index (χ3v) is 3.66. The number of nitrogens with zero attached hydrogens (tertiary/aromatic N) is 2. The molecule has 0 N–H and O–H groups in total. The third-order valence-electron chi connectivity index (χ3n) is 3.66. The number of methoxy groups -OCH3 is 2. The number of aromatic nitrogens is 1. The lowest BCUT2D eigenvalue weighted by molar-refractivity contribution is 0.0984. The number of carbonyl (C=O) groups excluding carboxylic acids is 1. The molecule has 0 unspecified atom stereocenters. The van der Waals surface area contributed by atoms with Gasteiger partial charge in [-0.05, 0) is 43.2 Å². The Morgan fingerprint density at radius 3 is 2.50 bits per heavy atom. The van der Waals surface area contributed by atoms with Crippen molar-refractivity contribution in [2.24, 2.45) is 0 Å². The van der Waals surface area contributed by atoms with Crippen molar-refractivity contribution in [2.45, 2.75) is 18.9 Å². The molecule has 2 aromatic rings. The Bertz CT molecular complexity index is 669. The zero-order chi connectivity index (χ0) is 15.5. The highest BCUT2D eigenvalue weighted by Gasteiger charge is 2.35. The highest BCUT2D eigenvalue weighted by Crippen LogP contribution is 2.34. The number of carbonyl (C=O) groups is 1. The number of pyridine rings is 1. The van der Waals surface area contributed by atoms with Gasteiger partial charge in [0.15, 0.2) is 11.5 Å². The van der Waals surface area contributed by atoms with Crippen molar-refractivity contribution in [2.75, 3.05) is 19.1 Å². The van der Waals surface area contributed by atoms with Crippen LogP contribution in [0.4, 0.5) is 5.82 Å². The zero-order valence-corrected chi connectivity index (χ0v) is 12.7. The molecule has 0 radical (unpaired) electrons. The van der Waals surface area contributed by atoms with Gasteiger partial charge in [-0.1, -0.05) is 6.07 Å². The van der Waals surface area contributed by atoms with Gasteiger partial charge in [0.1, 0.15) is 5.82 Å². The van der Waals surface area contributed by atoms with Gasteiger partial charge in [0.25, 0.3) is 5.91 Å². The smallest absolute Gasteiger partial charge is 0.259 e. The first-order chi connectivity index (χ1) is 10.7. The number of anilines is 1. The predicted octanol–water partition coefficient (Wildman–Crippen LogP) is 2.91. The minimum atomic E-state index is -0.0675. The molecule has 1 aromatic heterocycles. The average molecular weight is 298 g/mol. The van der Waals surface area contributed by atoms with Gasteiger partial charge in [-0.25, -0.2) is 4.98 Å². The Labute approximate surface area is 129 Å². The van der Waals surface area contributed by atoms with Gasteiger partial charge in [-0.3, -0.25) is 9.69 Å². The van der Waals surface area contributed by atoms with Crippen LogP contribution in [-0.4, -0.2) is 31.2 Å². The third kappa shape index (κ3) is 2.74. The monoisotopic (exact) mass is 298 g/mol. The topological polar surface area (TPSA) is 51.7 Å². The molecule has 1 heterocycles. The van der Waals surface area contributed by atoms with Crippen molar-refractivity contribution < 1.29 is 14.3 Å². The van der Waals surface area contributed by atoms with Crippen molar-refractivity contribution in [1.29, 1.82) is 0 Å². The molecule has 22 heavy (non-hydrogen) atoms. The van der Waals surface area contributed by atoms with Crippen LogP contribution in [0.25, 0.3) is 0 Å². The molecular formula is C17H18N2O3. The van der Waals surface area contributed by atoms with Crippen LogP contribution in [0.2, 0.25) is 0 Å². The molecule has 0 saturated heterocycles. The van der Waals surface area contributed by atoms with Crippen molar-refractivity contribution >= 4 is 11.7 Å². The van der Waals surface area contributed by atoms with Crippen LogP contribution < -0.4 is 14.4 Å². The van der Waals surface area contributed by atoms with Crippen LogP contribution in [0, 0.1) is 0 Å². The molecule has 5 nitrogen and oxygen atoms in total. The first-order valence-corrected chi connectivity index (χ1v) is 7.21. The van der Waals surface area contributed by atoms with Crippen molar-refractivity contribution in [3.63, 3.8) is 0 Å². The minimum absolute atomic E-state index is 0.0675. The number of rotatable bonds is 5. The molecule has 0 aliphatic heterocycles. The van der Waals surface area contributed by atoms with E-state index in [4.69, 9.17) is 9.47 Å². The van der Waals surface area contributed by atoms with E-state index in [0.717, 1.165) is 12.8 Å². The summed E-state index contributed by atoms with van der Waals surface area (Å²) < 4.78 is 10.5. The van der Waals surface area contributed by atoms with E-state index in [9.17, 15) is 4.79 Å². The van der Waals surface area contributed by atoms with Crippen molar-refractivity contribution in [3.8, 4) is 11.5 Å². The Morgan fingerprint density at radius 1 is 1.14 bits per heavy atom. The van der Waals surface area contributed by atoms with E-state index in [1.165, 1.54) is 0 Å². The molecular weight excluding hydrogens is 280 g/mol. The maximum atomic E-state index is 12.9. The normalized spacial score (nSPS) is 13.5. The number of ether oxygens (including phenoxy) is 2. The molecule has 1 amide bonds. The molecule has 1 saturated carbocycles. The molecule has 5 heteroatoms. The highest BCUT2D eigenvalue weighted by molar-refractivity contribution is 6.06. The predicted molar refractivity (Wildman–Crippen MR) is 83.6 cm³/mol. The molecule has 1 fully saturated rings. The Hall–Kier alpha value is -2.56. The quantitative estimate of drug-likeness (QED) is 0.851.